The van der Waals surface area contributed by atoms with Gasteiger partial charge in [-0.1, -0.05) is 19.9 Å². The largest absolute Gasteiger partial charge is 0.490 e. The van der Waals surface area contributed by atoms with E-state index in [1.165, 1.54) is 0 Å². The molecular weight excluding hydrogens is 348 g/mol. The van der Waals surface area contributed by atoms with E-state index in [0.29, 0.717) is 31.9 Å². The number of carbonyl (C=O) groups is 2. The molecular formula is C20H32N2O5. The van der Waals surface area contributed by atoms with Crippen molar-refractivity contribution in [3.05, 3.63) is 23.8 Å². The summed E-state index contributed by atoms with van der Waals surface area (Å²) >= 11 is 0. The predicted molar refractivity (Wildman–Crippen MR) is 104 cm³/mol. The van der Waals surface area contributed by atoms with Crippen LogP contribution in [0, 0.1) is 0 Å². The quantitative estimate of drug-likeness (QED) is 0.515. The third-order valence-corrected chi connectivity index (χ3v) is 4.17. The summed E-state index contributed by atoms with van der Waals surface area (Å²) in [6, 6.07) is 5.78. The van der Waals surface area contributed by atoms with E-state index in [9.17, 15) is 9.59 Å². The highest BCUT2D eigenvalue weighted by atomic mass is 16.5. The van der Waals surface area contributed by atoms with E-state index >= 15 is 0 Å². The smallest absolute Gasteiger partial charge is 0.303 e. The number of aliphatic carboxylic acids is 1. The molecule has 0 fully saturated rings. The number of nitrogens with one attached hydrogen (secondary N) is 1. The lowest BCUT2D eigenvalue weighted by molar-refractivity contribution is -0.138. The zero-order valence-corrected chi connectivity index (χ0v) is 16.6. The number of carbonyl (C=O) groups excluding carboxylic acids is 1. The van der Waals surface area contributed by atoms with Gasteiger partial charge in [0.1, 0.15) is 6.61 Å². The number of nitrogens with zero attached hydrogens (tertiary/aromatic N) is 1. The summed E-state index contributed by atoms with van der Waals surface area (Å²) in [7, 11) is 0. The second kappa shape index (κ2) is 13.0. The first kappa shape index (κ1) is 22.8. The van der Waals surface area contributed by atoms with Crippen LogP contribution in [0.1, 0.15) is 39.2 Å². The minimum absolute atomic E-state index is 0.00115. The Bertz CT molecular complexity index is 588. The normalized spacial score (nSPS) is 10.7. The molecule has 0 bridgehead atoms. The number of rotatable bonds is 14. The summed E-state index contributed by atoms with van der Waals surface area (Å²) in [5, 5.41) is 11.3. The maximum absolute atomic E-state index is 11.6. The number of benzene rings is 1. The van der Waals surface area contributed by atoms with Gasteiger partial charge in [-0.3, -0.25) is 9.59 Å². The van der Waals surface area contributed by atoms with E-state index in [-0.39, 0.29) is 18.7 Å². The summed E-state index contributed by atoms with van der Waals surface area (Å²) < 4.78 is 11.6. The minimum Gasteiger partial charge on any atom is -0.490 e. The van der Waals surface area contributed by atoms with Gasteiger partial charge in [-0.25, -0.2) is 0 Å². The van der Waals surface area contributed by atoms with Crippen molar-refractivity contribution in [2.45, 2.75) is 40.0 Å². The molecule has 0 aliphatic heterocycles. The average Bonchev–Trinajstić information content (AvgIpc) is 2.65. The molecule has 1 rings (SSSR count). The van der Waals surface area contributed by atoms with Crippen molar-refractivity contribution in [3.8, 4) is 11.5 Å². The summed E-state index contributed by atoms with van der Waals surface area (Å²) in [6.45, 7) is 10.6. The lowest BCUT2D eigenvalue weighted by Crippen LogP contribution is -2.28. The fourth-order valence-corrected chi connectivity index (χ4v) is 2.58. The van der Waals surface area contributed by atoms with E-state index in [4.69, 9.17) is 14.6 Å². The zero-order valence-electron chi connectivity index (χ0n) is 16.6. The Morgan fingerprint density at radius 1 is 1.07 bits per heavy atom. The van der Waals surface area contributed by atoms with Gasteiger partial charge in [-0.05, 0) is 44.1 Å². The van der Waals surface area contributed by atoms with Crippen LogP contribution in [-0.4, -0.2) is 61.3 Å². The molecule has 7 heteroatoms. The van der Waals surface area contributed by atoms with Gasteiger partial charge in [0.2, 0.25) is 5.91 Å². The molecule has 2 N–H and O–H groups in total. The molecule has 0 spiro atoms. The monoisotopic (exact) mass is 380 g/mol. The number of hydrogen-bond donors (Lipinski definition) is 2. The Kier molecular flexibility index (Phi) is 10.9. The highest BCUT2D eigenvalue weighted by Gasteiger charge is 2.09. The molecule has 0 saturated heterocycles. The van der Waals surface area contributed by atoms with Crippen LogP contribution in [0.25, 0.3) is 0 Å². The van der Waals surface area contributed by atoms with Gasteiger partial charge in [0.25, 0.3) is 0 Å². The number of amides is 1. The summed E-state index contributed by atoms with van der Waals surface area (Å²) in [4.78, 5) is 24.3. The van der Waals surface area contributed by atoms with Crippen LogP contribution >= 0.6 is 0 Å². The van der Waals surface area contributed by atoms with E-state index in [1.807, 2.05) is 25.1 Å². The van der Waals surface area contributed by atoms with Crippen molar-refractivity contribution in [2.24, 2.45) is 0 Å². The maximum Gasteiger partial charge on any atom is 0.303 e. The fourth-order valence-electron chi connectivity index (χ4n) is 2.58. The van der Waals surface area contributed by atoms with Crippen LogP contribution in [0.4, 0.5) is 0 Å². The van der Waals surface area contributed by atoms with Gasteiger partial charge in [-0.2, -0.15) is 0 Å². The molecule has 27 heavy (non-hydrogen) atoms. The first-order chi connectivity index (χ1) is 13.0. The second-order valence-corrected chi connectivity index (χ2v) is 6.08. The SMILES string of the molecule is CCOc1cc(CCNC(=O)CCC(=O)O)ccc1OCCN(CC)CC. The van der Waals surface area contributed by atoms with Gasteiger partial charge in [-0.15, -0.1) is 0 Å². The Hall–Kier alpha value is -2.28. The Morgan fingerprint density at radius 3 is 2.44 bits per heavy atom. The Labute approximate surface area is 161 Å². The minimum atomic E-state index is -0.969. The predicted octanol–water partition coefficient (Wildman–Crippen LogP) is 2.33. The van der Waals surface area contributed by atoms with Gasteiger partial charge in [0.15, 0.2) is 11.5 Å². The van der Waals surface area contributed by atoms with Crippen molar-refractivity contribution in [2.75, 3.05) is 39.4 Å². The van der Waals surface area contributed by atoms with Crippen LogP contribution in [0.15, 0.2) is 18.2 Å². The number of ether oxygens (including phenoxy) is 2. The molecule has 0 heterocycles. The third-order valence-electron chi connectivity index (χ3n) is 4.17. The first-order valence-corrected chi connectivity index (χ1v) is 9.59. The van der Waals surface area contributed by atoms with Crippen LogP contribution < -0.4 is 14.8 Å². The highest BCUT2D eigenvalue weighted by molar-refractivity contribution is 5.80. The first-order valence-electron chi connectivity index (χ1n) is 9.59. The van der Waals surface area contributed by atoms with E-state index in [2.05, 4.69) is 24.1 Å². The van der Waals surface area contributed by atoms with Crippen LogP contribution in [0.5, 0.6) is 11.5 Å². The highest BCUT2D eigenvalue weighted by Crippen LogP contribution is 2.28. The van der Waals surface area contributed by atoms with E-state index in [0.717, 1.165) is 30.9 Å². The van der Waals surface area contributed by atoms with Crippen LogP contribution in [0.3, 0.4) is 0 Å². The lowest BCUT2D eigenvalue weighted by atomic mass is 10.1. The topological polar surface area (TPSA) is 88.1 Å². The number of carboxylic acid groups (broad SMARTS) is 1. The van der Waals surface area contributed by atoms with Crippen LogP contribution in [-0.2, 0) is 16.0 Å². The molecule has 1 amide bonds. The standard InChI is InChI=1S/C20H32N2O5/c1-4-22(5-2)13-14-27-17-8-7-16(15-18(17)26-6-3)11-12-21-19(23)9-10-20(24)25/h7-8,15H,4-6,9-14H2,1-3H3,(H,21,23)(H,24,25). The van der Waals surface area contributed by atoms with Gasteiger partial charge in [0.05, 0.1) is 13.0 Å². The molecule has 0 atom stereocenters. The van der Waals surface area contributed by atoms with Gasteiger partial charge < -0.3 is 24.8 Å². The van der Waals surface area contributed by atoms with Crippen molar-refractivity contribution >= 4 is 11.9 Å². The van der Waals surface area contributed by atoms with Gasteiger partial charge >= 0.3 is 5.97 Å². The van der Waals surface area contributed by atoms with Crippen molar-refractivity contribution < 1.29 is 24.2 Å². The molecule has 152 valence electrons. The van der Waals surface area contributed by atoms with Crippen molar-refractivity contribution in [3.63, 3.8) is 0 Å². The summed E-state index contributed by atoms with van der Waals surface area (Å²) in [5.41, 5.74) is 1.02. The van der Waals surface area contributed by atoms with E-state index < -0.39 is 5.97 Å². The van der Waals surface area contributed by atoms with E-state index in [1.54, 1.807) is 0 Å². The number of carboxylic acids is 1. The average molecular weight is 380 g/mol. The number of hydrogen-bond acceptors (Lipinski definition) is 5. The van der Waals surface area contributed by atoms with Crippen molar-refractivity contribution in [1.29, 1.82) is 0 Å². The van der Waals surface area contributed by atoms with Crippen LogP contribution in [0.2, 0.25) is 0 Å². The molecule has 0 aliphatic rings. The Balaban J connectivity index is 2.54. The second-order valence-electron chi connectivity index (χ2n) is 6.08. The molecule has 7 nitrogen and oxygen atoms in total. The van der Waals surface area contributed by atoms with Gasteiger partial charge in [0, 0.05) is 19.5 Å². The molecule has 0 aliphatic carbocycles. The maximum atomic E-state index is 11.6. The summed E-state index contributed by atoms with van der Waals surface area (Å²) in [5.74, 6) is 0.201. The lowest BCUT2D eigenvalue weighted by Gasteiger charge is -2.19. The molecule has 0 aromatic heterocycles. The fraction of sp³-hybridized carbons (Fsp3) is 0.600. The molecule has 0 saturated carbocycles. The molecule has 0 radical (unpaired) electrons. The van der Waals surface area contributed by atoms with Crippen molar-refractivity contribution in [1.82, 2.24) is 10.2 Å². The molecule has 1 aromatic rings. The number of likely N-dealkylation sites (N-methyl/N-ethyl adjacent to an activating group) is 1. The summed E-state index contributed by atoms with van der Waals surface area (Å²) in [6.07, 6.45) is 0.483. The zero-order chi connectivity index (χ0) is 20.1. The molecule has 0 unspecified atom stereocenters. The Morgan fingerprint density at radius 2 is 1.81 bits per heavy atom. The molecule has 1 aromatic carbocycles. The third kappa shape index (κ3) is 9.28.